The van der Waals surface area contributed by atoms with Gasteiger partial charge in [0.05, 0.1) is 0 Å². The van der Waals surface area contributed by atoms with E-state index in [-0.39, 0.29) is 0 Å². The molecule has 2 saturated carbocycles. The molecule has 0 N–H and O–H groups in total. The number of hydrogen-bond donors (Lipinski definition) is 0. The van der Waals surface area contributed by atoms with Crippen molar-refractivity contribution in [3.63, 3.8) is 0 Å². The van der Waals surface area contributed by atoms with Crippen molar-refractivity contribution in [2.75, 3.05) is 13.1 Å². The molecule has 0 atom stereocenters. The van der Waals surface area contributed by atoms with Crippen LogP contribution in [-0.2, 0) is 0 Å². The van der Waals surface area contributed by atoms with E-state index in [1.165, 1.54) is 64.5 Å². The standard InChI is InChI=1S/C10H19N.C3H6/c1-9-5-7-11(8-6-9)10-3-2-4-10;1-2-3-1/h9-10H,2-8H2,1H3;1-3H2. The van der Waals surface area contributed by atoms with E-state index in [1.807, 2.05) is 0 Å². The molecule has 0 aromatic rings. The third-order valence-electron chi connectivity index (χ3n) is 3.76. The lowest BCUT2D eigenvalue weighted by atomic mass is 9.88. The zero-order chi connectivity index (χ0) is 9.80. The summed E-state index contributed by atoms with van der Waals surface area (Å²) in [7, 11) is 0. The third-order valence-corrected chi connectivity index (χ3v) is 3.76. The van der Waals surface area contributed by atoms with Gasteiger partial charge in [0.15, 0.2) is 0 Å². The largest absolute Gasteiger partial charge is 0.300 e. The van der Waals surface area contributed by atoms with Crippen molar-refractivity contribution < 1.29 is 0 Å². The topological polar surface area (TPSA) is 3.24 Å². The minimum absolute atomic E-state index is 0.988. The zero-order valence-corrected chi connectivity index (χ0v) is 9.67. The molecule has 1 heterocycles. The van der Waals surface area contributed by atoms with Crippen LogP contribution in [0.15, 0.2) is 0 Å². The predicted molar refractivity (Wildman–Crippen MR) is 61.5 cm³/mol. The van der Waals surface area contributed by atoms with E-state index in [9.17, 15) is 0 Å². The van der Waals surface area contributed by atoms with Crippen molar-refractivity contribution in [2.24, 2.45) is 5.92 Å². The van der Waals surface area contributed by atoms with Crippen LogP contribution in [0.25, 0.3) is 0 Å². The van der Waals surface area contributed by atoms with Crippen molar-refractivity contribution in [3.8, 4) is 0 Å². The highest BCUT2D eigenvalue weighted by molar-refractivity contribution is 4.82. The summed E-state index contributed by atoms with van der Waals surface area (Å²) >= 11 is 0. The van der Waals surface area contributed by atoms with Gasteiger partial charge in [-0.1, -0.05) is 32.6 Å². The molecule has 0 aromatic heterocycles. The van der Waals surface area contributed by atoms with Gasteiger partial charge in [-0.2, -0.15) is 0 Å². The van der Waals surface area contributed by atoms with Crippen LogP contribution >= 0.6 is 0 Å². The number of hydrogen-bond acceptors (Lipinski definition) is 1. The Morgan fingerprint density at radius 3 is 1.71 bits per heavy atom. The second-order valence-electron chi connectivity index (χ2n) is 5.36. The Hall–Kier alpha value is -0.0400. The highest BCUT2D eigenvalue weighted by Crippen LogP contribution is 2.28. The molecule has 14 heavy (non-hydrogen) atoms. The lowest BCUT2D eigenvalue weighted by Gasteiger charge is -2.41. The number of rotatable bonds is 1. The van der Waals surface area contributed by atoms with Crippen molar-refractivity contribution in [1.29, 1.82) is 0 Å². The Morgan fingerprint density at radius 1 is 0.786 bits per heavy atom. The SMILES string of the molecule is C1CC1.CC1CCN(C2CCC2)CC1. The van der Waals surface area contributed by atoms with Crippen LogP contribution in [0.1, 0.15) is 58.3 Å². The van der Waals surface area contributed by atoms with Crippen LogP contribution in [0.4, 0.5) is 0 Å². The van der Waals surface area contributed by atoms with Crippen LogP contribution in [0.5, 0.6) is 0 Å². The predicted octanol–water partition coefficient (Wildman–Crippen LogP) is 3.44. The Balaban J connectivity index is 0.000000214. The first-order valence-corrected chi connectivity index (χ1v) is 6.60. The van der Waals surface area contributed by atoms with E-state index in [2.05, 4.69) is 11.8 Å². The van der Waals surface area contributed by atoms with Crippen molar-refractivity contribution in [1.82, 2.24) is 4.90 Å². The fourth-order valence-electron chi connectivity index (χ4n) is 2.15. The molecule has 0 amide bonds. The normalized spacial score (nSPS) is 28.9. The van der Waals surface area contributed by atoms with Gasteiger partial charge >= 0.3 is 0 Å². The second-order valence-corrected chi connectivity index (χ2v) is 5.36. The summed E-state index contributed by atoms with van der Waals surface area (Å²) in [5, 5.41) is 0. The van der Waals surface area contributed by atoms with Crippen molar-refractivity contribution in [3.05, 3.63) is 0 Å². The first-order chi connectivity index (χ1) is 6.86. The molecule has 0 radical (unpaired) electrons. The number of nitrogens with zero attached hydrogens (tertiary/aromatic N) is 1. The fourth-order valence-corrected chi connectivity index (χ4v) is 2.15. The van der Waals surface area contributed by atoms with Gasteiger partial charge in [0, 0.05) is 6.04 Å². The minimum atomic E-state index is 0.988. The van der Waals surface area contributed by atoms with E-state index in [0.29, 0.717) is 0 Å². The molecule has 0 unspecified atom stereocenters. The smallest absolute Gasteiger partial charge is 0.00952 e. The molecule has 0 spiro atoms. The van der Waals surface area contributed by atoms with Gasteiger partial charge in [-0.15, -0.1) is 0 Å². The second kappa shape index (κ2) is 5.16. The maximum Gasteiger partial charge on any atom is 0.00952 e. The van der Waals surface area contributed by atoms with E-state index in [0.717, 1.165) is 12.0 Å². The van der Waals surface area contributed by atoms with Crippen molar-refractivity contribution >= 4 is 0 Å². The molecule has 1 nitrogen and oxygen atoms in total. The van der Waals surface area contributed by atoms with Crippen LogP contribution < -0.4 is 0 Å². The Labute approximate surface area is 88.9 Å². The molecule has 3 aliphatic rings. The highest BCUT2D eigenvalue weighted by Gasteiger charge is 2.27. The van der Waals surface area contributed by atoms with Gasteiger partial charge in [-0.05, 0) is 44.7 Å². The molecule has 2 aliphatic carbocycles. The van der Waals surface area contributed by atoms with Gasteiger partial charge in [0.2, 0.25) is 0 Å². The summed E-state index contributed by atoms with van der Waals surface area (Å²) < 4.78 is 0. The summed E-state index contributed by atoms with van der Waals surface area (Å²) in [5.74, 6) is 0.992. The number of piperidine rings is 1. The molecule has 82 valence electrons. The third kappa shape index (κ3) is 3.27. The molecular weight excluding hydrogens is 170 g/mol. The molecule has 1 aliphatic heterocycles. The average molecular weight is 195 g/mol. The van der Waals surface area contributed by atoms with Gasteiger partial charge in [0.1, 0.15) is 0 Å². The van der Waals surface area contributed by atoms with Crippen LogP contribution in [0.3, 0.4) is 0 Å². The van der Waals surface area contributed by atoms with Crippen LogP contribution in [0.2, 0.25) is 0 Å². The van der Waals surface area contributed by atoms with E-state index >= 15 is 0 Å². The van der Waals surface area contributed by atoms with Gasteiger partial charge < -0.3 is 4.90 Å². The Bertz CT molecular complexity index is 150. The number of likely N-dealkylation sites (tertiary alicyclic amines) is 1. The summed E-state index contributed by atoms with van der Waals surface area (Å²) in [4.78, 5) is 2.71. The Kier molecular flexibility index (Phi) is 3.86. The van der Waals surface area contributed by atoms with E-state index in [4.69, 9.17) is 0 Å². The summed E-state index contributed by atoms with van der Waals surface area (Å²) in [6.45, 7) is 5.15. The van der Waals surface area contributed by atoms with Gasteiger partial charge in [-0.3, -0.25) is 0 Å². The quantitative estimate of drug-likeness (QED) is 0.619. The molecule has 0 bridgehead atoms. The maximum absolute atomic E-state index is 2.71. The van der Waals surface area contributed by atoms with Gasteiger partial charge in [0.25, 0.3) is 0 Å². The molecule has 0 aromatic carbocycles. The minimum Gasteiger partial charge on any atom is -0.300 e. The van der Waals surface area contributed by atoms with Gasteiger partial charge in [-0.25, -0.2) is 0 Å². The summed E-state index contributed by atoms with van der Waals surface area (Å²) in [6.07, 6.45) is 11.8. The molecule has 3 rings (SSSR count). The lowest BCUT2D eigenvalue weighted by Crippen LogP contribution is -2.44. The zero-order valence-electron chi connectivity index (χ0n) is 9.67. The van der Waals surface area contributed by atoms with Crippen LogP contribution in [0, 0.1) is 5.92 Å². The molecule has 3 fully saturated rings. The Morgan fingerprint density at radius 2 is 1.36 bits per heavy atom. The first kappa shape index (κ1) is 10.5. The summed E-state index contributed by atoms with van der Waals surface area (Å²) in [5.41, 5.74) is 0. The van der Waals surface area contributed by atoms with Crippen molar-refractivity contribution in [2.45, 2.75) is 64.3 Å². The lowest BCUT2D eigenvalue weighted by molar-refractivity contribution is 0.0883. The monoisotopic (exact) mass is 195 g/mol. The first-order valence-electron chi connectivity index (χ1n) is 6.60. The molecule has 1 saturated heterocycles. The highest BCUT2D eigenvalue weighted by atomic mass is 15.2. The van der Waals surface area contributed by atoms with E-state index < -0.39 is 0 Å². The fraction of sp³-hybridized carbons (Fsp3) is 1.00. The summed E-state index contributed by atoms with van der Waals surface area (Å²) in [6, 6.07) is 0.988. The molecule has 1 heteroatoms. The van der Waals surface area contributed by atoms with Crippen LogP contribution in [-0.4, -0.2) is 24.0 Å². The molecular formula is C13H25N. The van der Waals surface area contributed by atoms with E-state index in [1.54, 1.807) is 0 Å². The maximum atomic E-state index is 2.71. The average Bonchev–Trinajstić information content (AvgIpc) is 2.91.